The molecule has 0 saturated carbocycles. The van der Waals surface area contributed by atoms with Crippen LogP contribution in [0.4, 0.5) is 17.1 Å². The standard InChI is InChI=1S/C26H25ClN4O2/c1-30(2)16-23(32)31(3)20-11-7-10-19(15-20)28-25(17-8-5-4-6-9-17)24-21-13-12-18(27)14-22(21)29-26(24)33/h4-15,24H,16H2,1-3H3,(H,29,33). The highest BCUT2D eigenvalue weighted by molar-refractivity contribution is 6.31. The first-order valence-electron chi connectivity index (χ1n) is 10.6. The highest BCUT2D eigenvalue weighted by Gasteiger charge is 2.35. The van der Waals surface area contributed by atoms with E-state index in [1.807, 2.05) is 79.7 Å². The van der Waals surface area contributed by atoms with Gasteiger partial charge in [-0.2, -0.15) is 0 Å². The summed E-state index contributed by atoms with van der Waals surface area (Å²) in [6.45, 7) is 0.306. The van der Waals surface area contributed by atoms with E-state index in [-0.39, 0.29) is 11.8 Å². The average molecular weight is 461 g/mol. The van der Waals surface area contributed by atoms with Gasteiger partial charge in [0.2, 0.25) is 11.8 Å². The van der Waals surface area contributed by atoms with Crippen LogP contribution in [-0.2, 0) is 9.59 Å². The number of amides is 2. The van der Waals surface area contributed by atoms with Crippen LogP contribution in [0.2, 0.25) is 5.02 Å². The number of anilines is 2. The number of hydrogen-bond donors (Lipinski definition) is 1. The van der Waals surface area contributed by atoms with Crippen LogP contribution in [0.5, 0.6) is 0 Å². The Hall–Kier alpha value is -3.48. The molecule has 1 unspecified atom stereocenters. The number of fused-ring (bicyclic) bond motifs is 1. The summed E-state index contributed by atoms with van der Waals surface area (Å²) in [7, 11) is 5.46. The summed E-state index contributed by atoms with van der Waals surface area (Å²) in [6.07, 6.45) is 0. The predicted molar refractivity (Wildman–Crippen MR) is 134 cm³/mol. The monoisotopic (exact) mass is 460 g/mol. The predicted octanol–water partition coefficient (Wildman–Crippen LogP) is 4.72. The molecule has 2 amide bonds. The molecule has 7 heteroatoms. The van der Waals surface area contributed by atoms with Gasteiger partial charge in [0, 0.05) is 23.4 Å². The summed E-state index contributed by atoms with van der Waals surface area (Å²) in [5, 5.41) is 3.49. The van der Waals surface area contributed by atoms with Gasteiger partial charge in [0.25, 0.3) is 0 Å². The molecule has 4 rings (SSSR count). The number of carbonyl (C=O) groups excluding carboxylic acids is 2. The third kappa shape index (κ3) is 4.97. The molecule has 3 aromatic rings. The zero-order chi connectivity index (χ0) is 23.5. The number of benzene rings is 3. The quantitative estimate of drug-likeness (QED) is 0.541. The fraction of sp³-hybridized carbons (Fsp3) is 0.192. The minimum Gasteiger partial charge on any atom is -0.325 e. The average Bonchev–Trinajstić information content (AvgIpc) is 3.11. The molecule has 1 aliphatic rings. The molecule has 0 radical (unpaired) electrons. The summed E-state index contributed by atoms with van der Waals surface area (Å²) < 4.78 is 0. The molecule has 3 aromatic carbocycles. The van der Waals surface area contributed by atoms with E-state index in [9.17, 15) is 9.59 Å². The molecule has 1 heterocycles. The Balaban J connectivity index is 1.77. The van der Waals surface area contributed by atoms with E-state index < -0.39 is 5.92 Å². The minimum atomic E-state index is -0.573. The molecular formula is C26H25ClN4O2. The molecule has 0 spiro atoms. The molecule has 6 nitrogen and oxygen atoms in total. The van der Waals surface area contributed by atoms with E-state index in [1.165, 1.54) is 0 Å². The van der Waals surface area contributed by atoms with Crippen molar-refractivity contribution in [1.82, 2.24) is 4.90 Å². The van der Waals surface area contributed by atoms with Crippen molar-refractivity contribution in [3.8, 4) is 0 Å². The fourth-order valence-corrected chi connectivity index (χ4v) is 4.01. The largest absolute Gasteiger partial charge is 0.325 e. The summed E-state index contributed by atoms with van der Waals surface area (Å²) >= 11 is 6.13. The van der Waals surface area contributed by atoms with Crippen LogP contribution in [0.25, 0.3) is 0 Å². The number of carbonyl (C=O) groups is 2. The lowest BCUT2D eigenvalue weighted by Crippen LogP contribution is -2.34. The van der Waals surface area contributed by atoms with Crippen molar-refractivity contribution in [2.75, 3.05) is 37.9 Å². The molecule has 0 saturated heterocycles. The Kier molecular flexibility index (Phi) is 6.58. The van der Waals surface area contributed by atoms with Gasteiger partial charge in [-0.1, -0.05) is 54.1 Å². The van der Waals surface area contributed by atoms with Gasteiger partial charge < -0.3 is 15.1 Å². The number of halogens is 1. The summed E-state index contributed by atoms with van der Waals surface area (Å²) in [6, 6.07) is 22.5. The van der Waals surface area contributed by atoms with E-state index in [0.717, 1.165) is 16.8 Å². The molecule has 0 aliphatic carbocycles. The first-order chi connectivity index (χ1) is 15.8. The smallest absolute Gasteiger partial charge is 0.240 e. The highest BCUT2D eigenvalue weighted by Crippen LogP contribution is 2.38. The van der Waals surface area contributed by atoms with Crippen LogP contribution < -0.4 is 10.2 Å². The van der Waals surface area contributed by atoms with Gasteiger partial charge in [0.1, 0.15) is 5.92 Å². The van der Waals surface area contributed by atoms with Crippen molar-refractivity contribution < 1.29 is 9.59 Å². The second-order valence-corrected chi connectivity index (χ2v) is 8.66. The van der Waals surface area contributed by atoms with Crippen molar-refractivity contribution in [1.29, 1.82) is 0 Å². The van der Waals surface area contributed by atoms with Gasteiger partial charge in [-0.3, -0.25) is 14.6 Å². The second-order valence-electron chi connectivity index (χ2n) is 8.23. The van der Waals surface area contributed by atoms with Gasteiger partial charge in [0.05, 0.1) is 17.9 Å². The Morgan fingerprint density at radius 3 is 2.48 bits per heavy atom. The van der Waals surface area contributed by atoms with Crippen LogP contribution in [0.3, 0.4) is 0 Å². The number of nitrogens with zero attached hydrogens (tertiary/aromatic N) is 3. The Morgan fingerprint density at radius 2 is 1.76 bits per heavy atom. The molecule has 0 fully saturated rings. The van der Waals surface area contributed by atoms with Crippen molar-refractivity contribution in [2.45, 2.75) is 5.92 Å². The first kappa shape index (κ1) is 22.7. The van der Waals surface area contributed by atoms with E-state index >= 15 is 0 Å². The number of hydrogen-bond acceptors (Lipinski definition) is 4. The van der Waals surface area contributed by atoms with E-state index in [4.69, 9.17) is 16.6 Å². The van der Waals surface area contributed by atoms with E-state index in [1.54, 1.807) is 24.1 Å². The fourth-order valence-electron chi connectivity index (χ4n) is 3.84. The molecular weight excluding hydrogens is 436 g/mol. The zero-order valence-electron chi connectivity index (χ0n) is 18.7. The normalized spacial score (nSPS) is 15.4. The molecule has 1 atom stereocenters. The maximum Gasteiger partial charge on any atom is 0.240 e. The van der Waals surface area contributed by atoms with Crippen molar-refractivity contribution in [3.05, 3.63) is 88.9 Å². The minimum absolute atomic E-state index is 0.0228. The second kappa shape index (κ2) is 9.57. The molecule has 33 heavy (non-hydrogen) atoms. The maximum absolute atomic E-state index is 13.0. The molecule has 1 N–H and O–H groups in total. The topological polar surface area (TPSA) is 65.0 Å². The Labute approximate surface area is 198 Å². The molecule has 0 aromatic heterocycles. The third-order valence-corrected chi connectivity index (χ3v) is 5.72. The van der Waals surface area contributed by atoms with Gasteiger partial charge in [-0.25, -0.2) is 0 Å². The van der Waals surface area contributed by atoms with Crippen LogP contribution in [0.15, 0.2) is 77.8 Å². The summed E-state index contributed by atoms with van der Waals surface area (Å²) in [5.74, 6) is -0.744. The SMILES string of the molecule is CN(C)CC(=O)N(C)c1cccc(N=C(c2ccccc2)C2C(=O)Nc3cc(Cl)ccc32)c1. The van der Waals surface area contributed by atoms with Crippen LogP contribution in [-0.4, -0.2) is 50.1 Å². The lowest BCUT2D eigenvalue weighted by atomic mass is 9.90. The number of likely N-dealkylation sites (N-methyl/N-ethyl adjacent to an activating group) is 2. The summed E-state index contributed by atoms with van der Waals surface area (Å²) in [5.41, 5.74) is 4.41. The van der Waals surface area contributed by atoms with Crippen molar-refractivity contribution in [2.24, 2.45) is 4.99 Å². The van der Waals surface area contributed by atoms with Crippen LogP contribution in [0, 0.1) is 0 Å². The lowest BCUT2D eigenvalue weighted by Gasteiger charge is -2.20. The number of rotatable bonds is 6. The third-order valence-electron chi connectivity index (χ3n) is 5.48. The Bertz CT molecular complexity index is 1220. The van der Waals surface area contributed by atoms with E-state index in [0.29, 0.717) is 28.7 Å². The highest BCUT2D eigenvalue weighted by atomic mass is 35.5. The van der Waals surface area contributed by atoms with Gasteiger partial charge >= 0.3 is 0 Å². The van der Waals surface area contributed by atoms with Gasteiger partial charge in [-0.05, 0) is 55.6 Å². The van der Waals surface area contributed by atoms with Crippen molar-refractivity contribution >= 4 is 46.2 Å². The summed E-state index contributed by atoms with van der Waals surface area (Å²) in [4.78, 5) is 33.9. The zero-order valence-corrected chi connectivity index (χ0v) is 19.5. The molecule has 0 bridgehead atoms. The molecule has 1 aliphatic heterocycles. The van der Waals surface area contributed by atoms with Gasteiger partial charge in [0.15, 0.2) is 0 Å². The molecule has 168 valence electrons. The number of aliphatic imine (C=N–C) groups is 1. The van der Waals surface area contributed by atoms with Crippen molar-refractivity contribution in [3.63, 3.8) is 0 Å². The lowest BCUT2D eigenvalue weighted by molar-refractivity contribution is -0.119. The van der Waals surface area contributed by atoms with Crippen LogP contribution >= 0.6 is 11.6 Å². The first-order valence-corrected chi connectivity index (χ1v) is 11.0. The maximum atomic E-state index is 13.0. The van der Waals surface area contributed by atoms with Gasteiger partial charge in [-0.15, -0.1) is 0 Å². The Morgan fingerprint density at radius 1 is 1.00 bits per heavy atom. The van der Waals surface area contributed by atoms with E-state index in [2.05, 4.69) is 5.32 Å². The van der Waals surface area contributed by atoms with Crippen LogP contribution in [0.1, 0.15) is 17.0 Å². The number of nitrogens with one attached hydrogen (secondary N) is 1.